The Labute approximate surface area is 121 Å². The number of alkyl halides is 1. The number of benzene rings is 2. The molecule has 0 bridgehead atoms. The van der Waals surface area contributed by atoms with Gasteiger partial charge >= 0.3 is 0 Å². The van der Waals surface area contributed by atoms with Gasteiger partial charge in [-0.25, -0.2) is 4.39 Å². The Hall–Kier alpha value is -1.35. The number of rotatable bonds is 4. The van der Waals surface area contributed by atoms with E-state index in [9.17, 15) is 4.39 Å². The Bertz CT molecular complexity index is 568. The van der Waals surface area contributed by atoms with E-state index in [4.69, 9.17) is 4.74 Å². The molecule has 0 saturated carbocycles. The average Bonchev–Trinajstić information content (AvgIpc) is 2.42. The summed E-state index contributed by atoms with van der Waals surface area (Å²) in [6, 6.07) is 13.3. The fourth-order valence-corrected chi connectivity index (χ4v) is 2.76. The molecule has 0 aromatic heterocycles. The van der Waals surface area contributed by atoms with Crippen LogP contribution in [0.15, 0.2) is 42.5 Å². The SMILES string of the molecule is COc1cccc(CC(Br)c2cccc(C)c2F)c1. The lowest BCUT2D eigenvalue weighted by molar-refractivity contribution is 0.414. The van der Waals surface area contributed by atoms with E-state index in [2.05, 4.69) is 15.9 Å². The molecule has 2 rings (SSSR count). The molecule has 1 unspecified atom stereocenters. The van der Waals surface area contributed by atoms with Gasteiger partial charge in [0.15, 0.2) is 0 Å². The molecule has 0 N–H and O–H groups in total. The molecule has 0 heterocycles. The van der Waals surface area contributed by atoms with Crippen molar-refractivity contribution in [3.05, 3.63) is 65.0 Å². The van der Waals surface area contributed by atoms with Crippen LogP contribution < -0.4 is 4.74 Å². The molecule has 2 aromatic rings. The lowest BCUT2D eigenvalue weighted by Crippen LogP contribution is -2.00. The van der Waals surface area contributed by atoms with Crippen LogP contribution in [0.5, 0.6) is 5.75 Å². The van der Waals surface area contributed by atoms with E-state index in [1.54, 1.807) is 20.1 Å². The maximum Gasteiger partial charge on any atom is 0.130 e. The van der Waals surface area contributed by atoms with E-state index >= 15 is 0 Å². The van der Waals surface area contributed by atoms with Gasteiger partial charge in [-0.05, 0) is 36.6 Å². The molecule has 19 heavy (non-hydrogen) atoms. The molecule has 0 saturated heterocycles. The van der Waals surface area contributed by atoms with E-state index in [1.807, 2.05) is 36.4 Å². The van der Waals surface area contributed by atoms with Crippen LogP contribution in [0.2, 0.25) is 0 Å². The van der Waals surface area contributed by atoms with Crippen LogP contribution >= 0.6 is 15.9 Å². The van der Waals surface area contributed by atoms with Crippen LogP contribution in [0.1, 0.15) is 21.5 Å². The Morgan fingerprint density at radius 1 is 1.21 bits per heavy atom. The minimum Gasteiger partial charge on any atom is -0.497 e. The molecular formula is C16H16BrFO. The van der Waals surface area contributed by atoms with Gasteiger partial charge in [-0.1, -0.05) is 46.3 Å². The first-order chi connectivity index (χ1) is 9.11. The van der Waals surface area contributed by atoms with Crippen LogP contribution in [-0.2, 0) is 6.42 Å². The number of halogens is 2. The second-order valence-electron chi connectivity index (χ2n) is 4.50. The van der Waals surface area contributed by atoms with Crippen molar-refractivity contribution in [2.45, 2.75) is 18.2 Å². The van der Waals surface area contributed by atoms with Crippen molar-refractivity contribution in [1.29, 1.82) is 0 Å². The van der Waals surface area contributed by atoms with E-state index in [1.165, 1.54) is 0 Å². The van der Waals surface area contributed by atoms with E-state index in [0.29, 0.717) is 11.1 Å². The van der Waals surface area contributed by atoms with Crippen LogP contribution in [0, 0.1) is 12.7 Å². The highest BCUT2D eigenvalue weighted by Gasteiger charge is 2.14. The number of hydrogen-bond acceptors (Lipinski definition) is 1. The van der Waals surface area contributed by atoms with Crippen molar-refractivity contribution in [2.24, 2.45) is 0 Å². The summed E-state index contributed by atoms with van der Waals surface area (Å²) in [4.78, 5) is -0.0421. The summed E-state index contributed by atoms with van der Waals surface area (Å²) in [5, 5.41) is 0. The maximum absolute atomic E-state index is 14.0. The summed E-state index contributed by atoms with van der Waals surface area (Å²) in [7, 11) is 1.64. The Kier molecular flexibility index (Phi) is 4.59. The molecule has 3 heteroatoms. The largest absolute Gasteiger partial charge is 0.497 e. The Balaban J connectivity index is 2.20. The van der Waals surface area contributed by atoms with Gasteiger partial charge in [0.25, 0.3) is 0 Å². The van der Waals surface area contributed by atoms with Gasteiger partial charge in [-0.15, -0.1) is 0 Å². The minimum absolute atomic E-state index is 0.0421. The average molecular weight is 323 g/mol. The highest BCUT2D eigenvalue weighted by molar-refractivity contribution is 9.09. The van der Waals surface area contributed by atoms with Crippen molar-refractivity contribution in [3.8, 4) is 5.75 Å². The smallest absolute Gasteiger partial charge is 0.130 e. The third kappa shape index (κ3) is 3.35. The number of methoxy groups -OCH3 is 1. The van der Waals surface area contributed by atoms with Crippen LogP contribution in [0.4, 0.5) is 4.39 Å². The van der Waals surface area contributed by atoms with Gasteiger partial charge in [0.1, 0.15) is 11.6 Å². The summed E-state index contributed by atoms with van der Waals surface area (Å²) in [6.45, 7) is 1.78. The molecule has 2 aromatic carbocycles. The molecule has 0 fully saturated rings. The summed E-state index contributed by atoms with van der Waals surface area (Å²) in [6.07, 6.45) is 0.720. The molecule has 1 nitrogen and oxygen atoms in total. The molecular weight excluding hydrogens is 307 g/mol. The second kappa shape index (κ2) is 6.20. The summed E-state index contributed by atoms with van der Waals surface area (Å²) in [5.74, 6) is 0.689. The second-order valence-corrected chi connectivity index (χ2v) is 5.61. The standard InChI is InChI=1S/C16H16BrFO/c1-11-5-3-8-14(16(11)18)15(17)10-12-6-4-7-13(9-12)19-2/h3-9,15H,10H2,1-2H3. The Morgan fingerprint density at radius 3 is 2.68 bits per heavy atom. The fourth-order valence-electron chi connectivity index (χ4n) is 2.03. The van der Waals surface area contributed by atoms with Crippen LogP contribution in [0.3, 0.4) is 0 Å². The number of hydrogen-bond donors (Lipinski definition) is 0. The predicted molar refractivity (Wildman–Crippen MR) is 79.5 cm³/mol. The quantitative estimate of drug-likeness (QED) is 0.733. The highest BCUT2D eigenvalue weighted by Crippen LogP contribution is 2.30. The first-order valence-corrected chi connectivity index (χ1v) is 7.05. The normalized spacial score (nSPS) is 12.2. The molecule has 0 amide bonds. The van der Waals surface area contributed by atoms with Gasteiger partial charge in [-0.2, -0.15) is 0 Å². The number of ether oxygens (including phenoxy) is 1. The molecule has 0 radical (unpaired) electrons. The lowest BCUT2D eigenvalue weighted by Gasteiger charge is -2.13. The van der Waals surface area contributed by atoms with Crippen LogP contribution in [-0.4, -0.2) is 7.11 Å². The van der Waals surface area contributed by atoms with E-state index in [0.717, 1.165) is 17.7 Å². The van der Waals surface area contributed by atoms with Gasteiger partial charge < -0.3 is 4.74 Å². The molecule has 0 aliphatic rings. The first-order valence-electron chi connectivity index (χ1n) is 6.14. The van der Waals surface area contributed by atoms with E-state index < -0.39 is 0 Å². The van der Waals surface area contributed by atoms with Crippen molar-refractivity contribution in [3.63, 3.8) is 0 Å². The molecule has 0 aliphatic heterocycles. The van der Waals surface area contributed by atoms with Gasteiger partial charge in [-0.3, -0.25) is 0 Å². The van der Waals surface area contributed by atoms with Gasteiger partial charge in [0.2, 0.25) is 0 Å². The van der Waals surface area contributed by atoms with Crippen molar-refractivity contribution in [2.75, 3.05) is 7.11 Å². The summed E-state index contributed by atoms with van der Waals surface area (Å²) >= 11 is 3.57. The maximum atomic E-state index is 14.0. The Morgan fingerprint density at radius 2 is 1.95 bits per heavy atom. The van der Waals surface area contributed by atoms with Crippen molar-refractivity contribution >= 4 is 15.9 Å². The molecule has 100 valence electrons. The topological polar surface area (TPSA) is 9.23 Å². The highest BCUT2D eigenvalue weighted by atomic mass is 79.9. The zero-order valence-corrected chi connectivity index (χ0v) is 12.6. The molecule has 1 atom stereocenters. The monoisotopic (exact) mass is 322 g/mol. The van der Waals surface area contributed by atoms with E-state index in [-0.39, 0.29) is 10.6 Å². The summed E-state index contributed by atoms with van der Waals surface area (Å²) < 4.78 is 19.2. The number of aryl methyl sites for hydroxylation is 1. The van der Waals surface area contributed by atoms with Crippen molar-refractivity contribution < 1.29 is 9.13 Å². The summed E-state index contributed by atoms with van der Waals surface area (Å²) in [5.41, 5.74) is 2.48. The third-order valence-corrected chi connectivity index (χ3v) is 3.93. The molecule has 0 aliphatic carbocycles. The first kappa shape index (κ1) is 14.1. The third-order valence-electron chi connectivity index (χ3n) is 3.11. The van der Waals surface area contributed by atoms with Gasteiger partial charge in [0.05, 0.1) is 7.11 Å². The minimum atomic E-state index is -0.132. The van der Waals surface area contributed by atoms with Gasteiger partial charge in [0, 0.05) is 10.4 Å². The zero-order valence-electron chi connectivity index (χ0n) is 11.0. The zero-order chi connectivity index (χ0) is 13.8. The lowest BCUT2D eigenvalue weighted by atomic mass is 10.0. The predicted octanol–water partition coefficient (Wildman–Crippen LogP) is 4.82. The fraction of sp³-hybridized carbons (Fsp3) is 0.250. The van der Waals surface area contributed by atoms with Crippen molar-refractivity contribution in [1.82, 2.24) is 0 Å². The molecule has 0 spiro atoms. The van der Waals surface area contributed by atoms with Crippen LogP contribution in [0.25, 0.3) is 0 Å².